The fraction of sp³-hybridized carbons (Fsp3) is 0. The van der Waals surface area contributed by atoms with Crippen molar-refractivity contribution in [3.63, 3.8) is 0 Å². The maximum Gasteiger partial charge on any atom is 0.164 e. The van der Waals surface area contributed by atoms with Crippen LogP contribution < -0.4 is 0 Å². The SMILES string of the molecule is c1ccc(-c2nc(-c3ccccc3)nc(-c3cccc4cc(-c5ccc(-c6ccccn6)cc5)ccc34)n2)cc1.c1ccc(-c2nc(-c3ccccc3)nc(-c3cccc4cc(-c5ccc(-c6cccnc6)cc5)ccc34)n2)cc1.c1ccc(-c2nc(-c3ccccc3)nc(-c3cccc4cc(-c5ccc(-c6ccncc6)cc5)ccc34)n2)cc1. The van der Waals surface area contributed by atoms with Gasteiger partial charge in [0.25, 0.3) is 0 Å². The number of hydrogen-bond donors (Lipinski definition) is 0. The summed E-state index contributed by atoms with van der Waals surface area (Å²) in [5, 5.41) is 6.70. The largest absolute Gasteiger partial charge is 0.265 e. The van der Waals surface area contributed by atoms with Crippen molar-refractivity contribution in [1.29, 1.82) is 0 Å². The van der Waals surface area contributed by atoms with Gasteiger partial charge in [-0.25, -0.2) is 44.9 Å². The van der Waals surface area contributed by atoms with Crippen molar-refractivity contribution < 1.29 is 0 Å². The maximum atomic E-state index is 4.94. The third kappa shape index (κ3) is 16.4. The van der Waals surface area contributed by atoms with Crippen molar-refractivity contribution in [2.75, 3.05) is 0 Å². The van der Waals surface area contributed by atoms with Crippen LogP contribution in [0, 0.1) is 0 Å². The summed E-state index contributed by atoms with van der Waals surface area (Å²) in [5.41, 5.74) is 22.3. The molecule has 0 radical (unpaired) electrons. The molecule has 0 spiro atoms. The van der Waals surface area contributed by atoms with Gasteiger partial charge < -0.3 is 0 Å². The molecule has 6 aromatic heterocycles. The van der Waals surface area contributed by atoms with Crippen LogP contribution in [0.25, 0.3) is 202 Å². The quantitative estimate of drug-likeness (QED) is 0.0959. The molecule has 120 heavy (non-hydrogen) atoms. The van der Waals surface area contributed by atoms with Gasteiger partial charge >= 0.3 is 0 Å². The summed E-state index contributed by atoms with van der Waals surface area (Å²) < 4.78 is 0. The minimum absolute atomic E-state index is 0.658. The Morgan fingerprint density at radius 2 is 0.408 bits per heavy atom. The number of benzene rings is 15. The Labute approximate surface area is 694 Å². The van der Waals surface area contributed by atoms with Crippen LogP contribution in [0.1, 0.15) is 0 Å². The molecule has 12 nitrogen and oxygen atoms in total. The second-order valence-corrected chi connectivity index (χ2v) is 28.8. The Balaban J connectivity index is 0.000000119. The first kappa shape index (κ1) is 73.7. The third-order valence-electron chi connectivity index (χ3n) is 21.1. The molecular weight excluding hydrogens is 1470 g/mol. The lowest BCUT2D eigenvalue weighted by molar-refractivity contribution is 1.08. The minimum atomic E-state index is 0.658. The van der Waals surface area contributed by atoms with Gasteiger partial charge in [-0.2, -0.15) is 0 Å². The van der Waals surface area contributed by atoms with E-state index in [1.807, 2.05) is 243 Å². The van der Waals surface area contributed by atoms with E-state index in [1.54, 1.807) is 6.20 Å². The molecule has 0 saturated carbocycles. The Kier molecular flexibility index (Phi) is 21.1. The molecule has 12 heteroatoms. The number of rotatable bonds is 15. The summed E-state index contributed by atoms with van der Waals surface area (Å²) in [7, 11) is 0. The van der Waals surface area contributed by atoms with Crippen molar-refractivity contribution in [1.82, 2.24) is 59.8 Å². The molecular formula is C108H72N12. The molecule has 21 aromatic rings. The minimum Gasteiger partial charge on any atom is -0.265 e. The molecule has 0 aliphatic rings. The van der Waals surface area contributed by atoms with Gasteiger partial charge in [-0.15, -0.1) is 0 Å². The van der Waals surface area contributed by atoms with E-state index in [9.17, 15) is 0 Å². The fourth-order valence-electron chi connectivity index (χ4n) is 14.9. The summed E-state index contributed by atoms with van der Waals surface area (Å²) in [5.74, 6) is 5.93. The summed E-state index contributed by atoms with van der Waals surface area (Å²) in [6.07, 6.45) is 9.15. The summed E-state index contributed by atoms with van der Waals surface area (Å²) >= 11 is 0. The Morgan fingerprint density at radius 3 is 0.708 bits per heavy atom. The predicted octanol–water partition coefficient (Wildman–Crippen LogP) is 26.3. The Bertz CT molecular complexity index is 6270. The van der Waals surface area contributed by atoms with Crippen LogP contribution in [0.2, 0.25) is 0 Å². The van der Waals surface area contributed by atoms with Gasteiger partial charge in [0, 0.05) is 86.6 Å². The highest BCUT2D eigenvalue weighted by Crippen LogP contribution is 2.39. The molecule has 0 atom stereocenters. The zero-order valence-corrected chi connectivity index (χ0v) is 64.9. The van der Waals surface area contributed by atoms with E-state index in [0.29, 0.717) is 52.4 Å². The molecule has 0 fully saturated rings. The molecule has 0 N–H and O–H groups in total. The normalized spacial score (nSPS) is 11.0. The van der Waals surface area contributed by atoms with E-state index in [1.165, 1.54) is 11.1 Å². The van der Waals surface area contributed by atoms with Gasteiger partial charge in [0.15, 0.2) is 52.4 Å². The Morgan fingerprint density at radius 1 is 0.142 bits per heavy atom. The lowest BCUT2D eigenvalue weighted by atomic mass is 9.97. The molecule has 6 heterocycles. The highest BCUT2D eigenvalue weighted by molar-refractivity contribution is 6.01. The van der Waals surface area contributed by atoms with Crippen LogP contribution in [0.15, 0.2) is 437 Å². The summed E-state index contributed by atoms with van der Waals surface area (Å²) in [6, 6.07) is 139. The van der Waals surface area contributed by atoms with E-state index < -0.39 is 0 Å². The van der Waals surface area contributed by atoms with E-state index in [2.05, 4.69) is 203 Å². The zero-order valence-electron chi connectivity index (χ0n) is 64.9. The second-order valence-electron chi connectivity index (χ2n) is 28.8. The molecule has 0 aliphatic carbocycles. The molecule has 15 aromatic carbocycles. The average molecular weight is 1540 g/mol. The van der Waals surface area contributed by atoms with Gasteiger partial charge in [0.2, 0.25) is 0 Å². The summed E-state index contributed by atoms with van der Waals surface area (Å²) in [6.45, 7) is 0. The lowest BCUT2D eigenvalue weighted by Crippen LogP contribution is -2.00. The van der Waals surface area contributed by atoms with Crippen LogP contribution in [-0.4, -0.2) is 59.8 Å². The van der Waals surface area contributed by atoms with Crippen molar-refractivity contribution in [3.8, 4) is 169 Å². The van der Waals surface area contributed by atoms with Gasteiger partial charge in [-0.3, -0.25) is 15.0 Å². The van der Waals surface area contributed by atoms with Crippen LogP contribution in [0.4, 0.5) is 0 Å². The van der Waals surface area contributed by atoms with E-state index >= 15 is 0 Å². The number of nitrogens with zero attached hydrogens (tertiary/aromatic N) is 12. The van der Waals surface area contributed by atoms with Gasteiger partial charge in [0.05, 0.1) is 5.69 Å². The lowest BCUT2D eigenvalue weighted by Gasteiger charge is -2.11. The summed E-state index contributed by atoms with van der Waals surface area (Å²) in [4.78, 5) is 57.0. The maximum absolute atomic E-state index is 4.94. The molecule has 0 unspecified atom stereocenters. The highest BCUT2D eigenvalue weighted by atomic mass is 15.1. The molecule has 0 amide bonds. The van der Waals surface area contributed by atoms with Crippen LogP contribution in [0.3, 0.4) is 0 Å². The molecule has 0 aliphatic heterocycles. The molecule has 0 bridgehead atoms. The van der Waals surface area contributed by atoms with Crippen LogP contribution in [-0.2, 0) is 0 Å². The van der Waals surface area contributed by atoms with E-state index in [0.717, 1.165) is 138 Å². The van der Waals surface area contributed by atoms with Crippen LogP contribution >= 0.6 is 0 Å². The number of hydrogen-bond acceptors (Lipinski definition) is 12. The van der Waals surface area contributed by atoms with Crippen molar-refractivity contribution in [3.05, 3.63) is 437 Å². The van der Waals surface area contributed by atoms with E-state index in [4.69, 9.17) is 44.9 Å². The number of fused-ring (bicyclic) bond motifs is 3. The Hall–Kier alpha value is -16.4. The zero-order chi connectivity index (χ0) is 80.2. The molecule has 564 valence electrons. The monoisotopic (exact) mass is 1540 g/mol. The van der Waals surface area contributed by atoms with Crippen molar-refractivity contribution in [2.45, 2.75) is 0 Å². The predicted molar refractivity (Wildman–Crippen MR) is 487 cm³/mol. The molecule has 0 saturated heterocycles. The van der Waals surface area contributed by atoms with E-state index in [-0.39, 0.29) is 0 Å². The first-order chi connectivity index (χ1) is 59.4. The number of aromatic nitrogens is 12. The first-order valence-corrected chi connectivity index (χ1v) is 39.7. The van der Waals surface area contributed by atoms with Crippen molar-refractivity contribution in [2.24, 2.45) is 0 Å². The highest BCUT2D eigenvalue weighted by Gasteiger charge is 2.20. The topological polar surface area (TPSA) is 155 Å². The smallest absolute Gasteiger partial charge is 0.164 e. The van der Waals surface area contributed by atoms with Gasteiger partial charge in [-0.05, 0) is 136 Å². The third-order valence-corrected chi connectivity index (χ3v) is 21.1. The fourth-order valence-corrected chi connectivity index (χ4v) is 14.9. The molecule has 21 rings (SSSR count). The standard InChI is InChI=1S/3C36H24N4/c1-3-9-27(10-4-1)34-38-35(28-11-5-2-6-12-28)40-36(39-34)33-15-7-13-30-23-29(20-21-32(30)33)25-16-18-26(19-17-25)31-14-8-22-37-24-31;1-3-10-27(11-4-1)34-38-35(28-12-5-2-6-13-28)40-36(39-34)32-15-9-14-30-24-29(21-22-31(30)32)25-17-19-26(20-18-25)33-16-7-8-23-37-33;1-3-8-28(9-4-1)34-38-35(29-10-5-2-6-11-29)40-36(39-34)33-13-7-12-31-24-30(18-19-32(31)33)26-16-14-25(15-17-26)27-20-22-37-23-21-27/h3*1-24H. The van der Waals surface area contributed by atoms with Crippen molar-refractivity contribution >= 4 is 32.3 Å². The number of pyridine rings is 3. The van der Waals surface area contributed by atoms with Gasteiger partial charge in [-0.1, -0.05) is 358 Å². The van der Waals surface area contributed by atoms with Gasteiger partial charge in [0.1, 0.15) is 0 Å². The van der Waals surface area contributed by atoms with Crippen LogP contribution in [0.5, 0.6) is 0 Å². The second kappa shape index (κ2) is 34.3. The average Bonchev–Trinajstić information content (AvgIpc) is 0.782. The first-order valence-electron chi connectivity index (χ1n) is 39.7.